The Balaban J connectivity index is 0.000000621. The van der Waals surface area contributed by atoms with Gasteiger partial charge in [-0.25, -0.2) is 0 Å². The van der Waals surface area contributed by atoms with Crippen LogP contribution in [0, 0.1) is 5.92 Å². The molecule has 0 unspecified atom stereocenters. The Labute approximate surface area is 130 Å². The van der Waals surface area contributed by atoms with Gasteiger partial charge in [0.1, 0.15) is 0 Å². The summed E-state index contributed by atoms with van der Waals surface area (Å²) in [7, 11) is 1.70. The molecular formula is C18H32OS. The van der Waals surface area contributed by atoms with Gasteiger partial charge in [-0.3, -0.25) is 0 Å². The third-order valence-corrected chi connectivity index (χ3v) is 3.89. The summed E-state index contributed by atoms with van der Waals surface area (Å²) in [5, 5.41) is 0.723. The van der Waals surface area contributed by atoms with E-state index in [0.29, 0.717) is 6.10 Å². The van der Waals surface area contributed by atoms with Crippen LogP contribution in [0.5, 0.6) is 0 Å². The summed E-state index contributed by atoms with van der Waals surface area (Å²) in [6.07, 6.45) is 1.58. The SMILES string of the molecule is CC(C)Cc1ccc(CSC(C)C)cc1.COC(C)C. The van der Waals surface area contributed by atoms with Crippen molar-refractivity contribution in [3.63, 3.8) is 0 Å². The fourth-order valence-corrected chi connectivity index (χ4v) is 2.22. The molecular weight excluding hydrogens is 264 g/mol. The van der Waals surface area contributed by atoms with E-state index in [1.165, 1.54) is 17.5 Å². The molecule has 0 N–H and O–H groups in total. The molecule has 0 amide bonds. The molecule has 2 heteroatoms. The molecule has 1 aromatic rings. The zero-order valence-electron chi connectivity index (χ0n) is 14.3. The van der Waals surface area contributed by atoms with Crippen molar-refractivity contribution in [3.8, 4) is 0 Å². The average molecular weight is 297 g/mol. The molecule has 116 valence electrons. The van der Waals surface area contributed by atoms with Crippen molar-refractivity contribution >= 4 is 11.8 Å². The van der Waals surface area contributed by atoms with Crippen LogP contribution in [0.1, 0.15) is 52.7 Å². The number of benzene rings is 1. The first-order chi connectivity index (χ1) is 9.35. The van der Waals surface area contributed by atoms with Gasteiger partial charge in [-0.1, -0.05) is 52.0 Å². The molecule has 0 spiro atoms. The Hall–Kier alpha value is -0.470. The van der Waals surface area contributed by atoms with E-state index in [-0.39, 0.29) is 0 Å². The molecule has 20 heavy (non-hydrogen) atoms. The zero-order chi connectivity index (χ0) is 15.5. The second-order valence-electron chi connectivity index (χ2n) is 6.06. The third-order valence-electron chi connectivity index (χ3n) is 2.72. The summed E-state index contributed by atoms with van der Waals surface area (Å²) >= 11 is 2.00. The Morgan fingerprint density at radius 2 is 1.35 bits per heavy atom. The number of ether oxygens (including phenoxy) is 1. The topological polar surface area (TPSA) is 9.23 Å². The number of hydrogen-bond donors (Lipinski definition) is 0. The van der Waals surface area contributed by atoms with Gasteiger partial charge < -0.3 is 4.74 Å². The lowest BCUT2D eigenvalue weighted by atomic mass is 10.0. The molecule has 0 fully saturated rings. The standard InChI is InChI=1S/C14H22S.C4H10O/c1-11(2)9-13-5-7-14(8-6-13)10-15-12(3)4;1-4(2)5-3/h5-8,11-12H,9-10H2,1-4H3;4H,1-3H3. The predicted octanol–water partition coefficient (Wildman–Crippen LogP) is 5.57. The van der Waals surface area contributed by atoms with Crippen LogP contribution in [0.4, 0.5) is 0 Å². The van der Waals surface area contributed by atoms with Crippen molar-refractivity contribution in [1.29, 1.82) is 0 Å². The molecule has 0 atom stereocenters. The van der Waals surface area contributed by atoms with Crippen molar-refractivity contribution in [3.05, 3.63) is 35.4 Å². The van der Waals surface area contributed by atoms with Gasteiger partial charge in [0.2, 0.25) is 0 Å². The Kier molecular flexibility index (Phi) is 11.0. The van der Waals surface area contributed by atoms with Gasteiger partial charge in [0.25, 0.3) is 0 Å². The van der Waals surface area contributed by atoms with E-state index in [0.717, 1.165) is 16.9 Å². The highest BCUT2D eigenvalue weighted by molar-refractivity contribution is 7.99. The molecule has 0 radical (unpaired) electrons. The highest BCUT2D eigenvalue weighted by atomic mass is 32.2. The number of thioether (sulfide) groups is 1. The van der Waals surface area contributed by atoms with E-state index < -0.39 is 0 Å². The van der Waals surface area contributed by atoms with Gasteiger partial charge in [0.05, 0.1) is 6.10 Å². The molecule has 0 bridgehead atoms. The van der Waals surface area contributed by atoms with Gasteiger partial charge in [0.15, 0.2) is 0 Å². The summed E-state index contributed by atoms with van der Waals surface area (Å²) in [6, 6.07) is 9.09. The Bertz CT molecular complexity index is 328. The third kappa shape index (κ3) is 11.4. The highest BCUT2D eigenvalue weighted by Crippen LogP contribution is 2.18. The smallest absolute Gasteiger partial charge is 0.0515 e. The minimum atomic E-state index is 0.384. The summed E-state index contributed by atoms with van der Waals surface area (Å²) in [6.45, 7) is 13.0. The van der Waals surface area contributed by atoms with Crippen LogP contribution in [-0.2, 0) is 16.9 Å². The van der Waals surface area contributed by atoms with Crippen LogP contribution in [0.2, 0.25) is 0 Å². The predicted molar refractivity (Wildman–Crippen MR) is 93.6 cm³/mol. The van der Waals surface area contributed by atoms with E-state index in [4.69, 9.17) is 4.74 Å². The largest absolute Gasteiger partial charge is 0.382 e. The van der Waals surface area contributed by atoms with Crippen LogP contribution in [0.25, 0.3) is 0 Å². The fraction of sp³-hybridized carbons (Fsp3) is 0.667. The molecule has 0 aliphatic carbocycles. The molecule has 0 aliphatic heterocycles. The second kappa shape index (κ2) is 11.2. The Morgan fingerprint density at radius 1 is 0.900 bits per heavy atom. The summed E-state index contributed by atoms with van der Waals surface area (Å²) < 4.78 is 4.75. The monoisotopic (exact) mass is 296 g/mol. The lowest BCUT2D eigenvalue weighted by Crippen LogP contribution is -1.94. The van der Waals surface area contributed by atoms with E-state index in [9.17, 15) is 0 Å². The van der Waals surface area contributed by atoms with Gasteiger partial charge >= 0.3 is 0 Å². The van der Waals surface area contributed by atoms with Crippen LogP contribution in [0.15, 0.2) is 24.3 Å². The first kappa shape index (κ1) is 19.5. The fourth-order valence-electron chi connectivity index (χ4n) is 1.51. The zero-order valence-corrected chi connectivity index (χ0v) is 15.1. The molecule has 0 saturated carbocycles. The maximum Gasteiger partial charge on any atom is 0.0515 e. The Morgan fingerprint density at radius 3 is 1.70 bits per heavy atom. The van der Waals surface area contributed by atoms with Crippen molar-refractivity contribution in [2.24, 2.45) is 5.92 Å². The second-order valence-corrected chi connectivity index (χ2v) is 7.62. The normalized spacial score (nSPS) is 10.9. The first-order valence-corrected chi connectivity index (χ1v) is 8.62. The molecule has 0 aromatic heterocycles. The van der Waals surface area contributed by atoms with Crippen molar-refractivity contribution < 1.29 is 4.74 Å². The van der Waals surface area contributed by atoms with Crippen LogP contribution >= 0.6 is 11.8 Å². The molecule has 1 aromatic carbocycles. The first-order valence-electron chi connectivity index (χ1n) is 7.57. The van der Waals surface area contributed by atoms with Gasteiger partial charge in [-0.2, -0.15) is 11.8 Å². The van der Waals surface area contributed by atoms with E-state index in [1.54, 1.807) is 7.11 Å². The lowest BCUT2D eigenvalue weighted by Gasteiger charge is -2.07. The van der Waals surface area contributed by atoms with Gasteiger partial charge in [0, 0.05) is 12.9 Å². The quantitative estimate of drug-likeness (QED) is 0.679. The summed E-state index contributed by atoms with van der Waals surface area (Å²) in [5.41, 5.74) is 2.91. The minimum Gasteiger partial charge on any atom is -0.382 e. The molecule has 0 heterocycles. The van der Waals surface area contributed by atoms with Gasteiger partial charge in [-0.05, 0) is 42.6 Å². The van der Waals surface area contributed by atoms with E-state index in [1.807, 2.05) is 25.6 Å². The molecule has 0 saturated heterocycles. The van der Waals surface area contributed by atoms with Crippen LogP contribution in [0.3, 0.4) is 0 Å². The van der Waals surface area contributed by atoms with Gasteiger partial charge in [-0.15, -0.1) is 0 Å². The number of rotatable bonds is 6. The highest BCUT2D eigenvalue weighted by Gasteiger charge is 1.99. The number of hydrogen-bond acceptors (Lipinski definition) is 2. The van der Waals surface area contributed by atoms with Crippen molar-refractivity contribution in [2.45, 2.75) is 65.1 Å². The molecule has 1 nitrogen and oxygen atoms in total. The van der Waals surface area contributed by atoms with E-state index in [2.05, 4.69) is 52.0 Å². The maximum atomic E-state index is 4.75. The summed E-state index contributed by atoms with van der Waals surface area (Å²) in [5.74, 6) is 1.89. The molecule has 1 rings (SSSR count). The minimum absolute atomic E-state index is 0.384. The summed E-state index contributed by atoms with van der Waals surface area (Å²) in [4.78, 5) is 0. The van der Waals surface area contributed by atoms with Crippen molar-refractivity contribution in [1.82, 2.24) is 0 Å². The molecule has 0 aliphatic rings. The lowest BCUT2D eigenvalue weighted by molar-refractivity contribution is 0.134. The number of methoxy groups -OCH3 is 1. The maximum absolute atomic E-state index is 4.75. The van der Waals surface area contributed by atoms with Crippen LogP contribution in [-0.4, -0.2) is 18.5 Å². The average Bonchev–Trinajstić information content (AvgIpc) is 2.38. The van der Waals surface area contributed by atoms with E-state index >= 15 is 0 Å². The van der Waals surface area contributed by atoms with Crippen molar-refractivity contribution in [2.75, 3.05) is 7.11 Å². The van der Waals surface area contributed by atoms with Crippen LogP contribution < -0.4 is 0 Å².